The molecule has 0 aliphatic rings. The molecule has 0 amide bonds. The Hall–Kier alpha value is -1.51. The third kappa shape index (κ3) is 3.72. The predicted molar refractivity (Wildman–Crippen MR) is 79.6 cm³/mol. The van der Waals surface area contributed by atoms with Gasteiger partial charge >= 0.3 is 0 Å². The van der Waals surface area contributed by atoms with Gasteiger partial charge in [0.2, 0.25) is 0 Å². The second-order valence-electron chi connectivity index (χ2n) is 4.72. The minimum atomic E-state index is -0.167. The zero-order chi connectivity index (χ0) is 13.8. The lowest BCUT2D eigenvalue weighted by Gasteiger charge is -2.22. The van der Waals surface area contributed by atoms with Crippen molar-refractivity contribution in [2.45, 2.75) is 26.0 Å². The van der Waals surface area contributed by atoms with Crippen LogP contribution in [0, 0.1) is 6.92 Å². The normalized spacial score (nSPS) is 13.9. The van der Waals surface area contributed by atoms with Gasteiger partial charge in [-0.25, -0.2) is 0 Å². The molecule has 2 aromatic carbocycles. The van der Waals surface area contributed by atoms with Crippen molar-refractivity contribution in [3.8, 4) is 5.75 Å². The number of hydrogen-bond donors (Lipinski definition) is 1. The van der Waals surface area contributed by atoms with Crippen molar-refractivity contribution in [3.63, 3.8) is 0 Å². The number of halogens is 1. The molecule has 0 radical (unpaired) electrons. The first-order valence-corrected chi connectivity index (χ1v) is 6.68. The molecule has 0 aromatic heterocycles. The third-order valence-electron chi connectivity index (χ3n) is 3.09. The van der Waals surface area contributed by atoms with Crippen LogP contribution in [-0.4, -0.2) is 6.10 Å². The summed E-state index contributed by atoms with van der Waals surface area (Å²) in [5.74, 6) is 0.738. The topological polar surface area (TPSA) is 35.2 Å². The van der Waals surface area contributed by atoms with E-state index in [4.69, 9.17) is 22.1 Å². The van der Waals surface area contributed by atoms with Gasteiger partial charge in [0.05, 0.1) is 6.04 Å². The Morgan fingerprint density at radius 2 is 1.79 bits per heavy atom. The van der Waals surface area contributed by atoms with E-state index in [1.54, 1.807) is 6.07 Å². The number of aryl methyl sites for hydroxylation is 1. The summed E-state index contributed by atoms with van der Waals surface area (Å²) in [4.78, 5) is 0. The standard InChI is InChI=1S/C16H18ClNO/c1-11-6-8-13(9-7-11)16(18)12(2)19-15-5-3-4-14(17)10-15/h3-10,12,16H,18H2,1-2H3. The van der Waals surface area contributed by atoms with E-state index in [2.05, 4.69) is 19.1 Å². The first kappa shape index (κ1) is 13.9. The minimum Gasteiger partial charge on any atom is -0.489 e. The summed E-state index contributed by atoms with van der Waals surface area (Å²) in [6, 6.07) is 15.4. The van der Waals surface area contributed by atoms with Gasteiger partial charge in [0, 0.05) is 5.02 Å². The molecule has 0 bridgehead atoms. The molecule has 2 aromatic rings. The highest BCUT2D eigenvalue weighted by molar-refractivity contribution is 6.30. The van der Waals surface area contributed by atoms with E-state index in [0.717, 1.165) is 11.3 Å². The maximum atomic E-state index is 6.22. The van der Waals surface area contributed by atoms with Crippen LogP contribution in [-0.2, 0) is 0 Å². The van der Waals surface area contributed by atoms with Gasteiger partial charge in [-0.3, -0.25) is 0 Å². The van der Waals surface area contributed by atoms with Crippen LogP contribution in [0.2, 0.25) is 5.02 Å². The van der Waals surface area contributed by atoms with Gasteiger partial charge < -0.3 is 10.5 Å². The Balaban J connectivity index is 2.07. The van der Waals surface area contributed by atoms with E-state index in [1.807, 2.05) is 37.3 Å². The lowest BCUT2D eigenvalue weighted by atomic mass is 10.0. The van der Waals surface area contributed by atoms with Crippen LogP contribution >= 0.6 is 11.6 Å². The van der Waals surface area contributed by atoms with Gasteiger partial charge in [-0.15, -0.1) is 0 Å². The van der Waals surface area contributed by atoms with Crippen LogP contribution in [0.15, 0.2) is 48.5 Å². The molecular weight excluding hydrogens is 258 g/mol. The Morgan fingerprint density at radius 1 is 1.11 bits per heavy atom. The number of nitrogens with two attached hydrogens (primary N) is 1. The molecule has 0 spiro atoms. The van der Waals surface area contributed by atoms with Gasteiger partial charge in [0.15, 0.2) is 0 Å². The largest absolute Gasteiger partial charge is 0.489 e. The Labute approximate surface area is 119 Å². The molecule has 2 unspecified atom stereocenters. The van der Waals surface area contributed by atoms with Crippen LogP contribution in [0.4, 0.5) is 0 Å². The molecule has 2 nitrogen and oxygen atoms in total. The molecule has 0 saturated heterocycles. The fourth-order valence-electron chi connectivity index (χ4n) is 1.89. The van der Waals surface area contributed by atoms with Crippen LogP contribution in [0.25, 0.3) is 0 Å². The summed E-state index contributed by atoms with van der Waals surface area (Å²) < 4.78 is 5.83. The van der Waals surface area contributed by atoms with Crippen molar-refractivity contribution in [1.82, 2.24) is 0 Å². The number of ether oxygens (including phenoxy) is 1. The van der Waals surface area contributed by atoms with Gasteiger partial charge in [-0.1, -0.05) is 47.5 Å². The fraction of sp³-hybridized carbons (Fsp3) is 0.250. The lowest BCUT2D eigenvalue weighted by Crippen LogP contribution is -2.28. The summed E-state index contributed by atoms with van der Waals surface area (Å²) in [6.45, 7) is 4.02. The van der Waals surface area contributed by atoms with E-state index in [-0.39, 0.29) is 12.1 Å². The van der Waals surface area contributed by atoms with E-state index in [1.165, 1.54) is 5.56 Å². The maximum Gasteiger partial charge on any atom is 0.121 e. The molecule has 3 heteroatoms. The van der Waals surface area contributed by atoms with Crippen LogP contribution < -0.4 is 10.5 Å². The molecule has 0 heterocycles. The maximum absolute atomic E-state index is 6.22. The van der Waals surface area contributed by atoms with E-state index in [0.29, 0.717) is 5.02 Å². The predicted octanol–water partition coefficient (Wildman–Crippen LogP) is 4.12. The van der Waals surface area contributed by atoms with E-state index >= 15 is 0 Å². The summed E-state index contributed by atoms with van der Waals surface area (Å²) in [7, 11) is 0. The third-order valence-corrected chi connectivity index (χ3v) is 3.32. The van der Waals surface area contributed by atoms with Crippen molar-refractivity contribution < 1.29 is 4.74 Å². The molecule has 2 atom stereocenters. The van der Waals surface area contributed by atoms with Crippen molar-refractivity contribution in [3.05, 3.63) is 64.7 Å². The van der Waals surface area contributed by atoms with Crippen molar-refractivity contribution in [1.29, 1.82) is 0 Å². The smallest absolute Gasteiger partial charge is 0.121 e. The van der Waals surface area contributed by atoms with Crippen LogP contribution in [0.5, 0.6) is 5.75 Å². The first-order valence-electron chi connectivity index (χ1n) is 6.30. The van der Waals surface area contributed by atoms with E-state index < -0.39 is 0 Å². The summed E-state index contributed by atoms with van der Waals surface area (Å²) in [5.41, 5.74) is 8.51. The monoisotopic (exact) mass is 275 g/mol. The minimum absolute atomic E-state index is 0.124. The zero-order valence-corrected chi connectivity index (χ0v) is 11.9. The molecule has 2 rings (SSSR count). The van der Waals surface area contributed by atoms with Gasteiger partial charge in [0.25, 0.3) is 0 Å². The molecule has 0 aliphatic heterocycles. The molecular formula is C16H18ClNO. The van der Waals surface area contributed by atoms with Crippen LogP contribution in [0.1, 0.15) is 24.1 Å². The Morgan fingerprint density at radius 3 is 2.42 bits per heavy atom. The quantitative estimate of drug-likeness (QED) is 0.911. The molecule has 0 fully saturated rings. The highest BCUT2D eigenvalue weighted by Crippen LogP contribution is 2.22. The van der Waals surface area contributed by atoms with Crippen LogP contribution in [0.3, 0.4) is 0 Å². The van der Waals surface area contributed by atoms with Crippen molar-refractivity contribution >= 4 is 11.6 Å². The van der Waals surface area contributed by atoms with Gasteiger partial charge in [0.1, 0.15) is 11.9 Å². The van der Waals surface area contributed by atoms with Gasteiger partial charge in [-0.05, 0) is 37.6 Å². The average Bonchev–Trinajstić information content (AvgIpc) is 2.39. The second-order valence-corrected chi connectivity index (χ2v) is 5.15. The number of rotatable bonds is 4. The number of hydrogen-bond acceptors (Lipinski definition) is 2. The Kier molecular flexibility index (Phi) is 4.46. The first-order chi connectivity index (χ1) is 9.06. The average molecular weight is 276 g/mol. The summed E-state index contributed by atoms with van der Waals surface area (Å²) >= 11 is 5.93. The molecule has 100 valence electrons. The summed E-state index contributed by atoms with van der Waals surface area (Å²) in [5, 5.41) is 0.661. The van der Waals surface area contributed by atoms with Gasteiger partial charge in [-0.2, -0.15) is 0 Å². The lowest BCUT2D eigenvalue weighted by molar-refractivity contribution is 0.190. The highest BCUT2D eigenvalue weighted by Gasteiger charge is 2.16. The number of benzene rings is 2. The molecule has 0 aliphatic carbocycles. The SMILES string of the molecule is Cc1ccc(C(N)C(C)Oc2cccc(Cl)c2)cc1. The fourth-order valence-corrected chi connectivity index (χ4v) is 2.07. The molecule has 0 saturated carbocycles. The highest BCUT2D eigenvalue weighted by atomic mass is 35.5. The van der Waals surface area contributed by atoms with Crippen molar-refractivity contribution in [2.24, 2.45) is 5.73 Å². The molecule has 2 N–H and O–H groups in total. The Bertz CT molecular complexity index is 539. The second kappa shape index (κ2) is 6.09. The zero-order valence-electron chi connectivity index (χ0n) is 11.1. The summed E-state index contributed by atoms with van der Waals surface area (Å²) in [6.07, 6.45) is -0.124. The van der Waals surface area contributed by atoms with Crippen molar-refractivity contribution in [2.75, 3.05) is 0 Å². The van der Waals surface area contributed by atoms with E-state index in [9.17, 15) is 0 Å². The molecule has 19 heavy (non-hydrogen) atoms.